The topological polar surface area (TPSA) is 48.7 Å². The maximum atomic E-state index is 13.8. The molecule has 1 aromatic heterocycles. The average molecular weight is 424 g/mol. The monoisotopic (exact) mass is 423 g/mol. The predicted octanol–water partition coefficient (Wildman–Crippen LogP) is 5.33. The van der Waals surface area contributed by atoms with Crippen LogP contribution in [0.25, 0.3) is 11.3 Å². The van der Waals surface area contributed by atoms with E-state index in [1.165, 1.54) is 0 Å². The van der Waals surface area contributed by atoms with Crippen LogP contribution >= 0.6 is 22.9 Å². The molecule has 1 atom stereocenters. The molecule has 0 saturated carbocycles. The molecule has 0 bridgehead atoms. The number of nitrogens with zero attached hydrogens (tertiary/aromatic N) is 3. The third-order valence-corrected chi connectivity index (χ3v) is 5.43. The molecule has 0 spiro atoms. The molecule has 0 saturated heterocycles. The fraction of sp³-hybridized carbons (Fsp3) is 0.158. The highest BCUT2D eigenvalue weighted by Crippen LogP contribution is 2.45. The van der Waals surface area contributed by atoms with Crippen LogP contribution in [-0.4, -0.2) is 27.7 Å². The predicted molar refractivity (Wildman–Crippen MR) is 104 cm³/mol. The molecule has 4 rings (SSSR count). The van der Waals surface area contributed by atoms with E-state index in [4.69, 9.17) is 11.6 Å². The van der Waals surface area contributed by atoms with E-state index in [-0.39, 0.29) is 10.8 Å². The van der Waals surface area contributed by atoms with Crippen molar-refractivity contribution in [1.82, 2.24) is 4.98 Å². The molecule has 9 heteroatoms. The van der Waals surface area contributed by atoms with Gasteiger partial charge in [0.15, 0.2) is 0 Å². The van der Waals surface area contributed by atoms with E-state index >= 15 is 0 Å². The van der Waals surface area contributed by atoms with Crippen LogP contribution in [0.3, 0.4) is 0 Å². The molecule has 1 aliphatic heterocycles. The number of aliphatic hydroxyl groups is 1. The first-order valence-corrected chi connectivity index (χ1v) is 9.47. The number of rotatable bonds is 3. The van der Waals surface area contributed by atoms with Crippen LogP contribution in [-0.2, 0) is 0 Å². The minimum absolute atomic E-state index is 0.0392. The number of anilines is 1. The van der Waals surface area contributed by atoms with Crippen molar-refractivity contribution in [2.75, 3.05) is 5.01 Å². The van der Waals surface area contributed by atoms with E-state index < -0.39 is 18.3 Å². The number of hydrazone groups is 1. The zero-order valence-corrected chi connectivity index (χ0v) is 15.8. The Kier molecular flexibility index (Phi) is 4.65. The minimum atomic E-state index is -4.93. The number of benzene rings is 2. The Morgan fingerprint density at radius 3 is 2.36 bits per heavy atom. The second-order valence-corrected chi connectivity index (χ2v) is 7.51. The molecule has 0 amide bonds. The van der Waals surface area contributed by atoms with Crippen LogP contribution < -0.4 is 5.01 Å². The van der Waals surface area contributed by atoms with E-state index in [1.54, 1.807) is 41.8 Å². The van der Waals surface area contributed by atoms with Gasteiger partial charge in [0, 0.05) is 16.0 Å². The van der Waals surface area contributed by atoms with E-state index in [0.29, 0.717) is 21.3 Å². The second kappa shape index (κ2) is 6.88. The molecular formula is C19H13ClF3N3OS. The SMILES string of the molecule is O[C@@]1(C(F)(F)F)CC(c2ccc(Cl)cc2)=NN1c1nc(-c2ccccc2)cs1. The normalized spacial score (nSPS) is 19.8. The molecule has 1 aliphatic rings. The fourth-order valence-corrected chi connectivity index (χ4v) is 3.85. The number of hydrogen-bond donors (Lipinski definition) is 1. The van der Waals surface area contributed by atoms with Gasteiger partial charge in [-0.1, -0.05) is 54.1 Å². The number of alkyl halides is 3. The standard InChI is InChI=1S/C19H13ClF3N3OS/c20-14-8-6-13(7-9-14)15-10-18(27,19(21,22)23)26(25-15)17-24-16(11-28-17)12-4-2-1-3-5-12/h1-9,11,27H,10H2/t18-/m1/s1. The van der Waals surface area contributed by atoms with Crippen LogP contribution in [0, 0.1) is 0 Å². The van der Waals surface area contributed by atoms with Crippen molar-refractivity contribution >= 4 is 33.8 Å². The second-order valence-electron chi connectivity index (χ2n) is 6.24. The van der Waals surface area contributed by atoms with E-state index in [1.807, 2.05) is 18.2 Å². The summed E-state index contributed by atoms with van der Waals surface area (Å²) in [7, 11) is 0. The molecule has 1 N–H and O–H groups in total. The van der Waals surface area contributed by atoms with Crippen molar-refractivity contribution in [2.24, 2.45) is 5.10 Å². The Morgan fingerprint density at radius 1 is 1.04 bits per heavy atom. The van der Waals surface area contributed by atoms with E-state index in [2.05, 4.69) is 10.1 Å². The molecule has 3 aromatic rings. The number of aromatic nitrogens is 1. The van der Waals surface area contributed by atoms with Gasteiger partial charge in [-0.15, -0.1) is 11.3 Å². The lowest BCUT2D eigenvalue weighted by Crippen LogP contribution is -2.55. The minimum Gasteiger partial charge on any atom is -0.362 e. The Bertz CT molecular complexity index is 1020. The van der Waals surface area contributed by atoms with E-state index in [9.17, 15) is 18.3 Å². The summed E-state index contributed by atoms with van der Waals surface area (Å²) in [4.78, 5) is 4.27. The molecule has 0 unspecified atom stereocenters. The maximum Gasteiger partial charge on any atom is 0.438 e. The highest BCUT2D eigenvalue weighted by atomic mass is 35.5. The molecule has 0 radical (unpaired) electrons. The average Bonchev–Trinajstić information content (AvgIpc) is 3.28. The molecular weight excluding hydrogens is 411 g/mol. The zero-order valence-electron chi connectivity index (χ0n) is 14.2. The van der Waals surface area contributed by atoms with Gasteiger partial charge in [0.05, 0.1) is 17.8 Å². The van der Waals surface area contributed by atoms with Crippen LogP contribution in [0.15, 0.2) is 65.1 Å². The van der Waals surface area contributed by atoms with Crippen LogP contribution in [0.2, 0.25) is 5.02 Å². The number of thiazole rings is 1. The van der Waals surface area contributed by atoms with Crippen molar-refractivity contribution in [1.29, 1.82) is 0 Å². The molecule has 144 valence electrons. The summed E-state index contributed by atoms with van der Waals surface area (Å²) >= 11 is 6.83. The van der Waals surface area contributed by atoms with Crippen molar-refractivity contribution in [2.45, 2.75) is 18.3 Å². The Hall–Kier alpha value is -2.42. The first-order chi connectivity index (χ1) is 13.3. The third kappa shape index (κ3) is 3.28. The van der Waals surface area contributed by atoms with Gasteiger partial charge in [-0.25, -0.2) is 4.98 Å². The summed E-state index contributed by atoms with van der Waals surface area (Å²) in [5, 5.41) is 17.2. The first-order valence-electron chi connectivity index (χ1n) is 8.22. The molecule has 28 heavy (non-hydrogen) atoms. The third-order valence-electron chi connectivity index (χ3n) is 4.36. The van der Waals surface area contributed by atoms with Gasteiger partial charge >= 0.3 is 6.18 Å². The Morgan fingerprint density at radius 2 is 1.71 bits per heavy atom. The lowest BCUT2D eigenvalue weighted by Gasteiger charge is -2.32. The van der Waals surface area contributed by atoms with Crippen LogP contribution in [0.4, 0.5) is 18.3 Å². The molecule has 2 aromatic carbocycles. The molecule has 0 fully saturated rings. The highest BCUT2D eigenvalue weighted by Gasteiger charge is 2.62. The summed E-state index contributed by atoms with van der Waals surface area (Å²) in [5.74, 6) is 0. The number of hydrogen-bond acceptors (Lipinski definition) is 5. The van der Waals surface area contributed by atoms with Gasteiger partial charge in [-0.3, -0.25) is 0 Å². The zero-order chi connectivity index (χ0) is 19.9. The summed E-state index contributed by atoms with van der Waals surface area (Å²) in [6, 6.07) is 15.3. The summed E-state index contributed by atoms with van der Waals surface area (Å²) < 4.78 is 41.3. The van der Waals surface area contributed by atoms with Crippen molar-refractivity contribution in [3.63, 3.8) is 0 Å². The summed E-state index contributed by atoms with van der Waals surface area (Å²) in [6.07, 6.45) is -5.64. The maximum absolute atomic E-state index is 13.8. The summed E-state index contributed by atoms with van der Waals surface area (Å²) in [6.45, 7) is 0. The lowest BCUT2D eigenvalue weighted by molar-refractivity contribution is -0.254. The van der Waals surface area contributed by atoms with Gasteiger partial charge in [-0.2, -0.15) is 23.3 Å². The van der Waals surface area contributed by atoms with Crippen molar-refractivity contribution in [3.8, 4) is 11.3 Å². The van der Waals surface area contributed by atoms with Crippen LogP contribution in [0.5, 0.6) is 0 Å². The molecule has 4 nitrogen and oxygen atoms in total. The van der Waals surface area contributed by atoms with E-state index in [0.717, 1.165) is 16.9 Å². The van der Waals surface area contributed by atoms with Gasteiger partial charge in [0.1, 0.15) is 0 Å². The largest absolute Gasteiger partial charge is 0.438 e. The first kappa shape index (κ1) is 18.9. The molecule has 0 aliphatic carbocycles. The van der Waals surface area contributed by atoms with Gasteiger partial charge in [-0.05, 0) is 17.7 Å². The highest BCUT2D eigenvalue weighted by molar-refractivity contribution is 7.14. The Balaban J connectivity index is 1.75. The van der Waals surface area contributed by atoms with Crippen molar-refractivity contribution in [3.05, 3.63) is 70.6 Å². The number of halogens is 4. The quantitative estimate of drug-likeness (QED) is 0.619. The van der Waals surface area contributed by atoms with Gasteiger partial charge in [0.25, 0.3) is 5.72 Å². The van der Waals surface area contributed by atoms with Crippen LogP contribution in [0.1, 0.15) is 12.0 Å². The summed E-state index contributed by atoms with van der Waals surface area (Å²) in [5.41, 5.74) is -1.34. The van der Waals surface area contributed by atoms with Gasteiger partial charge < -0.3 is 5.11 Å². The van der Waals surface area contributed by atoms with Gasteiger partial charge in [0.2, 0.25) is 5.13 Å². The fourth-order valence-electron chi connectivity index (χ4n) is 2.87. The molecule has 2 heterocycles. The lowest BCUT2D eigenvalue weighted by atomic mass is 10.0. The smallest absolute Gasteiger partial charge is 0.362 e. The van der Waals surface area contributed by atoms with Crippen molar-refractivity contribution < 1.29 is 18.3 Å². The Labute approximate surface area is 167 Å².